The van der Waals surface area contributed by atoms with Crippen LogP contribution in [-0.2, 0) is 0 Å². The number of amides is 1. The predicted molar refractivity (Wildman–Crippen MR) is 111 cm³/mol. The molecule has 1 saturated carbocycles. The van der Waals surface area contributed by atoms with Crippen LogP contribution < -0.4 is 21.3 Å². The Morgan fingerprint density at radius 2 is 1.86 bits per heavy atom. The number of primary amides is 1. The van der Waals surface area contributed by atoms with E-state index < -0.39 is 5.91 Å². The first-order valence-electron chi connectivity index (χ1n) is 9.82. The molecule has 4 rings (SSSR count). The van der Waals surface area contributed by atoms with Crippen LogP contribution in [0, 0.1) is 0 Å². The second-order valence-corrected chi connectivity index (χ2v) is 7.55. The smallest absolute Gasteiger partial charge is 0.254 e. The number of aromatic nitrogens is 2. The number of nitrogens with zero attached hydrogens (tertiary/aromatic N) is 4. The lowest BCUT2D eigenvalue weighted by atomic mass is 9.93. The molecule has 0 bridgehead atoms. The molecule has 8 nitrogen and oxygen atoms in total. The van der Waals surface area contributed by atoms with E-state index in [0.29, 0.717) is 23.4 Å². The normalized spacial score (nSPS) is 17.8. The number of piperazine rings is 1. The average molecular weight is 381 g/mol. The van der Waals surface area contributed by atoms with E-state index in [2.05, 4.69) is 49.6 Å². The molecular formula is C20H27N7O. The highest BCUT2D eigenvalue weighted by Crippen LogP contribution is 2.26. The van der Waals surface area contributed by atoms with E-state index in [-0.39, 0.29) is 0 Å². The molecule has 8 heteroatoms. The third-order valence-electron chi connectivity index (χ3n) is 5.49. The van der Waals surface area contributed by atoms with Gasteiger partial charge >= 0.3 is 0 Å². The van der Waals surface area contributed by atoms with Gasteiger partial charge in [0.25, 0.3) is 5.91 Å². The van der Waals surface area contributed by atoms with Crippen LogP contribution in [0.4, 0.5) is 23.1 Å². The van der Waals surface area contributed by atoms with E-state index >= 15 is 0 Å². The third-order valence-corrected chi connectivity index (χ3v) is 5.49. The second kappa shape index (κ2) is 8.02. The van der Waals surface area contributed by atoms with E-state index in [0.717, 1.165) is 44.7 Å². The van der Waals surface area contributed by atoms with Gasteiger partial charge in [-0.2, -0.15) is 4.98 Å². The Labute approximate surface area is 165 Å². The lowest BCUT2D eigenvalue weighted by Gasteiger charge is -2.34. The van der Waals surface area contributed by atoms with Crippen molar-refractivity contribution in [2.75, 3.05) is 48.8 Å². The maximum Gasteiger partial charge on any atom is 0.254 e. The molecule has 1 amide bonds. The van der Waals surface area contributed by atoms with Gasteiger partial charge in [0.05, 0.1) is 5.56 Å². The van der Waals surface area contributed by atoms with E-state index in [4.69, 9.17) is 5.73 Å². The van der Waals surface area contributed by atoms with Crippen LogP contribution in [0.15, 0.2) is 30.5 Å². The number of nitrogens with one attached hydrogen (secondary N) is 2. The fourth-order valence-electron chi connectivity index (χ4n) is 3.43. The van der Waals surface area contributed by atoms with Crippen LogP contribution in [0.1, 0.15) is 29.6 Å². The summed E-state index contributed by atoms with van der Waals surface area (Å²) in [4.78, 5) is 25.1. The molecule has 1 aliphatic heterocycles. The topological polar surface area (TPSA) is 99.4 Å². The first kappa shape index (κ1) is 18.5. The maximum absolute atomic E-state index is 11.7. The molecule has 0 atom stereocenters. The maximum atomic E-state index is 11.7. The first-order valence-corrected chi connectivity index (χ1v) is 9.82. The van der Waals surface area contributed by atoms with E-state index in [9.17, 15) is 4.79 Å². The van der Waals surface area contributed by atoms with Gasteiger partial charge in [-0.3, -0.25) is 4.79 Å². The fourth-order valence-corrected chi connectivity index (χ4v) is 3.43. The number of benzene rings is 1. The molecule has 1 aromatic heterocycles. The summed E-state index contributed by atoms with van der Waals surface area (Å²) in [6.07, 6.45) is 4.84. The summed E-state index contributed by atoms with van der Waals surface area (Å²) in [6.45, 7) is 4.24. The van der Waals surface area contributed by atoms with Crippen LogP contribution in [0.3, 0.4) is 0 Å². The minimum absolute atomic E-state index is 0.322. The van der Waals surface area contributed by atoms with Gasteiger partial charge in [-0.1, -0.05) is 0 Å². The Hall–Kier alpha value is -2.87. The Morgan fingerprint density at radius 3 is 2.46 bits per heavy atom. The molecule has 2 fully saturated rings. The van der Waals surface area contributed by atoms with E-state index in [1.54, 1.807) is 0 Å². The minimum Gasteiger partial charge on any atom is -0.369 e. The first-order chi connectivity index (χ1) is 13.6. The van der Waals surface area contributed by atoms with Gasteiger partial charge in [-0.15, -0.1) is 0 Å². The average Bonchev–Trinajstić information content (AvgIpc) is 2.66. The number of hydrogen-bond donors (Lipinski definition) is 3. The predicted octanol–water partition coefficient (Wildman–Crippen LogP) is 2.04. The zero-order valence-electron chi connectivity index (χ0n) is 16.2. The number of anilines is 4. The summed E-state index contributed by atoms with van der Waals surface area (Å²) in [5.74, 6) is 0.424. The molecule has 1 aromatic carbocycles. The molecule has 1 saturated heterocycles. The number of nitrogens with two attached hydrogens (primary N) is 1. The van der Waals surface area contributed by atoms with Crippen LogP contribution in [0.5, 0.6) is 0 Å². The zero-order chi connectivity index (χ0) is 19.5. The van der Waals surface area contributed by atoms with Gasteiger partial charge in [0.1, 0.15) is 5.82 Å². The fraction of sp³-hybridized carbons (Fsp3) is 0.450. The van der Waals surface area contributed by atoms with Gasteiger partial charge in [-0.05, 0) is 50.6 Å². The molecule has 2 aromatic rings. The molecular weight excluding hydrogens is 354 g/mol. The van der Waals surface area contributed by atoms with Crippen LogP contribution in [-0.4, -0.2) is 60.0 Å². The highest BCUT2D eigenvalue weighted by Gasteiger charge is 2.21. The molecule has 148 valence electrons. The highest BCUT2D eigenvalue weighted by atomic mass is 16.1. The van der Waals surface area contributed by atoms with Crippen molar-refractivity contribution in [1.82, 2.24) is 14.9 Å². The van der Waals surface area contributed by atoms with Crippen molar-refractivity contribution >= 4 is 29.0 Å². The summed E-state index contributed by atoms with van der Waals surface area (Å²) in [5, 5.41) is 6.52. The van der Waals surface area contributed by atoms with Crippen molar-refractivity contribution in [3.05, 3.63) is 36.0 Å². The Morgan fingerprint density at radius 1 is 1.14 bits per heavy atom. The van der Waals surface area contributed by atoms with Crippen molar-refractivity contribution in [1.29, 1.82) is 0 Å². The van der Waals surface area contributed by atoms with Gasteiger partial charge < -0.3 is 26.2 Å². The summed E-state index contributed by atoms with van der Waals surface area (Å²) >= 11 is 0. The van der Waals surface area contributed by atoms with Gasteiger partial charge in [-0.25, -0.2) is 4.98 Å². The lowest BCUT2D eigenvalue weighted by molar-refractivity contribution is 0.100. The van der Waals surface area contributed by atoms with E-state index in [1.165, 1.54) is 18.3 Å². The van der Waals surface area contributed by atoms with Crippen molar-refractivity contribution in [2.45, 2.75) is 25.3 Å². The summed E-state index contributed by atoms with van der Waals surface area (Å²) in [5.41, 5.74) is 7.90. The summed E-state index contributed by atoms with van der Waals surface area (Å²) in [6, 6.07) is 8.62. The van der Waals surface area contributed by atoms with E-state index in [1.807, 2.05) is 12.1 Å². The number of carbonyl (C=O) groups excluding carboxylic acids is 1. The van der Waals surface area contributed by atoms with Crippen molar-refractivity contribution in [2.24, 2.45) is 5.73 Å². The van der Waals surface area contributed by atoms with Gasteiger partial charge in [0.15, 0.2) is 0 Å². The second-order valence-electron chi connectivity index (χ2n) is 7.55. The number of likely N-dealkylation sites (N-methyl/N-ethyl adjacent to an activating group) is 1. The van der Waals surface area contributed by atoms with Crippen molar-refractivity contribution in [3.8, 4) is 0 Å². The lowest BCUT2D eigenvalue weighted by Crippen LogP contribution is -2.44. The number of carbonyl (C=O) groups is 1. The quantitative estimate of drug-likeness (QED) is 0.704. The molecule has 2 aliphatic rings. The monoisotopic (exact) mass is 381 g/mol. The largest absolute Gasteiger partial charge is 0.369 e. The zero-order valence-corrected chi connectivity index (χ0v) is 16.2. The molecule has 0 radical (unpaired) electrons. The number of rotatable bonds is 6. The van der Waals surface area contributed by atoms with Gasteiger partial charge in [0, 0.05) is 49.8 Å². The summed E-state index contributed by atoms with van der Waals surface area (Å²) in [7, 11) is 2.15. The minimum atomic E-state index is -0.523. The molecule has 28 heavy (non-hydrogen) atoms. The summed E-state index contributed by atoms with van der Waals surface area (Å²) < 4.78 is 0. The van der Waals surface area contributed by atoms with Crippen molar-refractivity contribution in [3.63, 3.8) is 0 Å². The Bertz CT molecular complexity index is 827. The van der Waals surface area contributed by atoms with Crippen LogP contribution in [0.2, 0.25) is 0 Å². The Balaban J connectivity index is 1.46. The third kappa shape index (κ3) is 4.17. The molecule has 1 aliphatic carbocycles. The SMILES string of the molecule is CN1CCN(c2ccc(Nc3ncc(C(N)=O)c(NC4CCC4)n3)cc2)CC1. The molecule has 0 unspecified atom stereocenters. The molecule has 0 spiro atoms. The van der Waals surface area contributed by atoms with Crippen LogP contribution in [0.25, 0.3) is 0 Å². The Kier molecular flexibility index (Phi) is 5.29. The van der Waals surface area contributed by atoms with Crippen LogP contribution >= 0.6 is 0 Å². The molecule has 2 heterocycles. The highest BCUT2D eigenvalue weighted by molar-refractivity contribution is 5.97. The van der Waals surface area contributed by atoms with Crippen molar-refractivity contribution < 1.29 is 4.79 Å². The standard InChI is InChI=1S/C20H27N7O/c1-26-9-11-27(12-10-26)16-7-5-15(6-8-16)24-20-22-13-17(18(21)28)19(25-20)23-14-3-2-4-14/h5-8,13-14H,2-4,9-12H2,1H3,(H2,21,28)(H2,22,23,24,25). The van der Waals surface area contributed by atoms with Gasteiger partial charge in [0.2, 0.25) is 5.95 Å². The molecule has 4 N–H and O–H groups in total. The number of hydrogen-bond acceptors (Lipinski definition) is 7.